The zero-order valence-electron chi connectivity index (χ0n) is 15.1. The lowest BCUT2D eigenvalue weighted by molar-refractivity contribution is -0.137. The van der Waals surface area contributed by atoms with Gasteiger partial charge in [0.05, 0.1) is 24.5 Å². The van der Waals surface area contributed by atoms with Gasteiger partial charge in [-0.25, -0.2) is 0 Å². The fourth-order valence-electron chi connectivity index (χ4n) is 2.78. The van der Waals surface area contributed by atoms with Crippen molar-refractivity contribution >= 4 is 17.6 Å². The molecule has 0 spiro atoms. The lowest BCUT2D eigenvalue weighted by Gasteiger charge is -2.31. The minimum atomic E-state index is -0.745. The molecule has 1 aromatic rings. The summed E-state index contributed by atoms with van der Waals surface area (Å²) in [5, 5.41) is 5.53. The molecule has 25 heavy (non-hydrogen) atoms. The molecule has 7 heteroatoms. The Morgan fingerprint density at radius 2 is 2.08 bits per heavy atom. The molecule has 1 aliphatic heterocycles. The second kappa shape index (κ2) is 7.82. The van der Waals surface area contributed by atoms with Gasteiger partial charge in [-0.15, -0.1) is 0 Å². The molecule has 0 radical (unpaired) electrons. The first kappa shape index (κ1) is 19.2. The minimum Gasteiger partial charge on any atom is -0.472 e. The van der Waals surface area contributed by atoms with Gasteiger partial charge in [-0.3, -0.25) is 14.4 Å². The number of carbonyl (C=O) groups is 3. The van der Waals surface area contributed by atoms with E-state index >= 15 is 0 Å². The zero-order valence-corrected chi connectivity index (χ0v) is 15.1. The van der Waals surface area contributed by atoms with E-state index in [2.05, 4.69) is 10.6 Å². The molecule has 2 amide bonds. The molecule has 7 nitrogen and oxygen atoms in total. The molecule has 3 atom stereocenters. The molecule has 138 valence electrons. The molecule has 0 aromatic carbocycles. The number of Topliss-reactive ketones (excluding diaryl/α,β-unsaturated/α-hetero) is 1. The van der Waals surface area contributed by atoms with E-state index in [0.717, 1.165) is 0 Å². The number of rotatable bonds is 5. The molecule has 0 bridgehead atoms. The van der Waals surface area contributed by atoms with Crippen LogP contribution < -0.4 is 10.6 Å². The summed E-state index contributed by atoms with van der Waals surface area (Å²) in [6.07, 6.45) is 3.16. The summed E-state index contributed by atoms with van der Waals surface area (Å²) in [5.74, 6) is -1.00. The predicted molar refractivity (Wildman–Crippen MR) is 91.0 cm³/mol. The van der Waals surface area contributed by atoms with Crippen LogP contribution in [0.1, 0.15) is 44.5 Å². The first-order valence-corrected chi connectivity index (χ1v) is 8.41. The fraction of sp³-hybridized carbons (Fsp3) is 0.611. The summed E-state index contributed by atoms with van der Waals surface area (Å²) in [4.78, 5) is 37.0. The van der Waals surface area contributed by atoms with Gasteiger partial charge >= 0.3 is 0 Å². The van der Waals surface area contributed by atoms with E-state index in [1.165, 1.54) is 18.6 Å². The molecule has 2 N–H and O–H groups in total. The van der Waals surface area contributed by atoms with Crippen LogP contribution in [0.3, 0.4) is 0 Å². The first-order valence-electron chi connectivity index (χ1n) is 8.41. The van der Waals surface area contributed by atoms with Gasteiger partial charge in [-0.1, -0.05) is 27.7 Å². The van der Waals surface area contributed by atoms with Crippen molar-refractivity contribution in [3.05, 3.63) is 24.2 Å². The van der Waals surface area contributed by atoms with Crippen molar-refractivity contribution in [3.63, 3.8) is 0 Å². The zero-order chi connectivity index (χ0) is 18.6. The Kier molecular flexibility index (Phi) is 6.00. The smallest absolute Gasteiger partial charge is 0.255 e. The maximum absolute atomic E-state index is 12.7. The van der Waals surface area contributed by atoms with Crippen LogP contribution in [0.15, 0.2) is 23.0 Å². The lowest BCUT2D eigenvalue weighted by atomic mass is 9.87. The van der Waals surface area contributed by atoms with Crippen LogP contribution in [-0.2, 0) is 14.3 Å². The summed E-state index contributed by atoms with van der Waals surface area (Å²) < 4.78 is 10.1. The lowest BCUT2D eigenvalue weighted by Crippen LogP contribution is -2.56. The second-order valence-electron chi connectivity index (χ2n) is 7.75. The Balaban J connectivity index is 2.09. The highest BCUT2D eigenvalue weighted by atomic mass is 16.5. The van der Waals surface area contributed by atoms with Crippen LogP contribution in [0.4, 0.5) is 0 Å². The van der Waals surface area contributed by atoms with Crippen LogP contribution in [0.2, 0.25) is 0 Å². The molecule has 2 rings (SSSR count). The molecular formula is C18H26N2O5. The number of hydrogen-bond donors (Lipinski definition) is 2. The van der Waals surface area contributed by atoms with E-state index in [1.54, 1.807) is 0 Å². The van der Waals surface area contributed by atoms with Gasteiger partial charge < -0.3 is 19.8 Å². The normalized spacial score (nSPS) is 22.3. The number of carbonyl (C=O) groups excluding carboxylic acids is 3. The van der Waals surface area contributed by atoms with Gasteiger partial charge in [0.2, 0.25) is 5.91 Å². The van der Waals surface area contributed by atoms with Gasteiger partial charge in [0.25, 0.3) is 5.91 Å². The van der Waals surface area contributed by atoms with Gasteiger partial charge in [-0.2, -0.15) is 0 Å². The van der Waals surface area contributed by atoms with E-state index < -0.39 is 12.1 Å². The topological polar surface area (TPSA) is 97.6 Å². The maximum Gasteiger partial charge on any atom is 0.255 e. The van der Waals surface area contributed by atoms with Crippen LogP contribution >= 0.6 is 0 Å². The fourth-order valence-corrected chi connectivity index (χ4v) is 2.78. The van der Waals surface area contributed by atoms with Crippen LogP contribution in [0.25, 0.3) is 0 Å². The minimum absolute atomic E-state index is 0.000598. The highest BCUT2D eigenvalue weighted by molar-refractivity contribution is 5.98. The number of furan rings is 1. The molecule has 0 aliphatic carbocycles. The van der Waals surface area contributed by atoms with Crippen molar-refractivity contribution in [1.82, 2.24) is 10.6 Å². The van der Waals surface area contributed by atoms with E-state index in [9.17, 15) is 14.4 Å². The molecule has 1 fully saturated rings. The number of amides is 2. The Labute approximate surface area is 147 Å². The number of ether oxygens (including phenoxy) is 1. The van der Waals surface area contributed by atoms with Crippen LogP contribution in [0, 0.1) is 11.3 Å². The average molecular weight is 350 g/mol. The summed E-state index contributed by atoms with van der Waals surface area (Å²) >= 11 is 0. The maximum atomic E-state index is 12.7. The molecule has 1 saturated heterocycles. The van der Waals surface area contributed by atoms with Gasteiger partial charge in [0.1, 0.15) is 18.9 Å². The first-order chi connectivity index (χ1) is 11.7. The SMILES string of the molecule is CC1COCC(=O)C1NC(=O)[C@H](CC(C)(C)C)NC(=O)c1ccoc1. The van der Waals surface area contributed by atoms with Crippen molar-refractivity contribution in [2.45, 2.75) is 46.2 Å². The summed E-state index contributed by atoms with van der Waals surface area (Å²) in [6.45, 7) is 8.23. The average Bonchev–Trinajstić information content (AvgIpc) is 3.03. The standard InChI is InChI=1S/C18H26N2O5/c1-11-8-25-10-14(21)15(11)20-17(23)13(7-18(2,3)4)19-16(22)12-5-6-24-9-12/h5-6,9,11,13,15H,7-8,10H2,1-4H3,(H,19,22)(H,20,23)/t11?,13-,15?/m0/s1. The molecule has 1 aromatic heterocycles. The molecule has 0 saturated carbocycles. The van der Waals surface area contributed by atoms with Crippen molar-refractivity contribution in [1.29, 1.82) is 0 Å². The predicted octanol–water partition coefficient (Wildman–Crippen LogP) is 1.53. The Hall–Kier alpha value is -2.15. The number of ketones is 1. The molecular weight excluding hydrogens is 324 g/mol. The summed E-state index contributed by atoms with van der Waals surface area (Å²) in [7, 11) is 0. The summed E-state index contributed by atoms with van der Waals surface area (Å²) in [5.41, 5.74) is 0.166. The third-order valence-electron chi connectivity index (χ3n) is 4.06. The summed E-state index contributed by atoms with van der Waals surface area (Å²) in [6, 6.07) is 0.200. The number of hydrogen-bond acceptors (Lipinski definition) is 5. The van der Waals surface area contributed by atoms with E-state index in [1.807, 2.05) is 27.7 Å². The molecule has 1 aliphatic rings. The van der Waals surface area contributed by atoms with Crippen LogP contribution in [-0.4, -0.2) is 42.9 Å². The van der Waals surface area contributed by atoms with Crippen molar-refractivity contribution < 1.29 is 23.5 Å². The Morgan fingerprint density at radius 3 is 2.64 bits per heavy atom. The van der Waals surface area contributed by atoms with Crippen LogP contribution in [0.5, 0.6) is 0 Å². The van der Waals surface area contributed by atoms with E-state index in [-0.39, 0.29) is 35.5 Å². The monoisotopic (exact) mass is 350 g/mol. The quantitative estimate of drug-likeness (QED) is 0.839. The van der Waals surface area contributed by atoms with Gasteiger partial charge in [-0.05, 0) is 17.9 Å². The Morgan fingerprint density at radius 1 is 1.36 bits per heavy atom. The van der Waals surface area contributed by atoms with Crippen molar-refractivity contribution in [3.8, 4) is 0 Å². The number of nitrogens with one attached hydrogen (secondary N) is 2. The van der Waals surface area contributed by atoms with Gasteiger partial charge in [0, 0.05) is 5.92 Å². The van der Waals surface area contributed by atoms with Gasteiger partial charge in [0.15, 0.2) is 5.78 Å². The highest BCUT2D eigenvalue weighted by Crippen LogP contribution is 2.22. The highest BCUT2D eigenvalue weighted by Gasteiger charge is 2.34. The molecule has 2 heterocycles. The largest absolute Gasteiger partial charge is 0.472 e. The molecule has 2 unspecified atom stereocenters. The van der Waals surface area contributed by atoms with E-state index in [4.69, 9.17) is 9.15 Å². The van der Waals surface area contributed by atoms with E-state index in [0.29, 0.717) is 18.6 Å². The third-order valence-corrected chi connectivity index (χ3v) is 4.06. The Bertz CT molecular complexity index is 618. The third kappa shape index (κ3) is 5.42. The van der Waals surface area contributed by atoms with Crippen molar-refractivity contribution in [2.24, 2.45) is 11.3 Å². The second-order valence-corrected chi connectivity index (χ2v) is 7.75. The van der Waals surface area contributed by atoms with Crippen molar-refractivity contribution in [2.75, 3.05) is 13.2 Å².